The van der Waals surface area contributed by atoms with E-state index >= 15 is 0 Å². The molecule has 0 fully saturated rings. The maximum Gasteiger partial charge on any atom is 0.416 e. The van der Waals surface area contributed by atoms with Crippen molar-refractivity contribution in [1.29, 1.82) is 0 Å². The summed E-state index contributed by atoms with van der Waals surface area (Å²) in [5, 5.41) is 8.97. The van der Waals surface area contributed by atoms with Gasteiger partial charge in [-0.05, 0) is 49.8 Å². The molecule has 0 saturated carbocycles. The number of carboxylic acids is 1. The van der Waals surface area contributed by atoms with Gasteiger partial charge in [-0.15, -0.1) is 0 Å². The van der Waals surface area contributed by atoms with Crippen molar-refractivity contribution in [3.05, 3.63) is 34.9 Å². The highest BCUT2D eigenvalue weighted by molar-refractivity contribution is 5.77. The van der Waals surface area contributed by atoms with E-state index in [4.69, 9.17) is 10.8 Å². The van der Waals surface area contributed by atoms with Crippen molar-refractivity contribution in [2.45, 2.75) is 57.4 Å². The summed E-state index contributed by atoms with van der Waals surface area (Å²) in [6, 6.07) is 1.61. The van der Waals surface area contributed by atoms with E-state index in [-0.39, 0.29) is 36.8 Å². The quantitative estimate of drug-likeness (QED) is 0.658. The monoisotopic (exact) mass is 385 g/mol. The van der Waals surface area contributed by atoms with Crippen LogP contribution in [0.25, 0.3) is 0 Å². The van der Waals surface area contributed by atoms with Gasteiger partial charge in [0.25, 0.3) is 0 Å². The first-order valence-electron chi connectivity index (χ1n) is 7.94. The molecule has 0 aliphatic rings. The number of benzene rings is 1. The Morgan fingerprint density at radius 1 is 1.15 bits per heavy atom. The lowest BCUT2D eigenvalue weighted by molar-refractivity contribution is -0.144. The molecule has 0 spiro atoms. The molecule has 0 bridgehead atoms. The van der Waals surface area contributed by atoms with E-state index in [2.05, 4.69) is 0 Å². The topological polar surface area (TPSA) is 63.3 Å². The number of aliphatic carboxylic acids is 1. The summed E-state index contributed by atoms with van der Waals surface area (Å²) >= 11 is 0. The van der Waals surface area contributed by atoms with Crippen molar-refractivity contribution in [3.63, 3.8) is 0 Å². The third kappa shape index (κ3) is 6.19. The molecule has 3 nitrogen and oxygen atoms in total. The van der Waals surface area contributed by atoms with Crippen LogP contribution in [0.3, 0.4) is 0 Å². The van der Waals surface area contributed by atoms with E-state index in [0.29, 0.717) is 12.5 Å². The molecule has 1 aromatic rings. The third-order valence-corrected chi connectivity index (χ3v) is 4.15. The average Bonchev–Trinajstić information content (AvgIpc) is 2.44. The zero-order valence-electron chi connectivity index (χ0n) is 14.3. The third-order valence-electron chi connectivity index (χ3n) is 4.15. The molecule has 0 aliphatic carbocycles. The molecule has 2 atom stereocenters. The zero-order chi connectivity index (χ0) is 20.3. The molecule has 9 heteroatoms. The molecule has 0 saturated heterocycles. The van der Waals surface area contributed by atoms with Crippen LogP contribution in [0.4, 0.5) is 26.3 Å². The van der Waals surface area contributed by atoms with Gasteiger partial charge in [0.1, 0.15) is 5.54 Å². The molecule has 2 unspecified atom stereocenters. The number of carbonyl (C=O) groups is 1. The first-order valence-corrected chi connectivity index (χ1v) is 7.94. The second kappa shape index (κ2) is 7.85. The van der Waals surface area contributed by atoms with Crippen LogP contribution in [0.15, 0.2) is 18.2 Å². The summed E-state index contributed by atoms with van der Waals surface area (Å²) in [5.41, 5.74) is 1.33. The second-order valence-electron chi connectivity index (χ2n) is 6.79. The second-order valence-corrected chi connectivity index (χ2v) is 6.79. The van der Waals surface area contributed by atoms with Crippen LogP contribution in [-0.2, 0) is 23.6 Å². The molecule has 148 valence electrons. The van der Waals surface area contributed by atoms with E-state index < -0.39 is 35.0 Å². The fourth-order valence-electron chi connectivity index (χ4n) is 2.79. The number of hydrogen-bond acceptors (Lipinski definition) is 2. The standard InChI is InChI=1S/C17H21F6NO2/c1-10(9-15(2,24)14(25)26)4-3-5-11-6-7-12(16(18,19)20)8-13(11)17(21,22)23/h6-8,10H,3-5,9,24H2,1-2H3,(H,25,26). The highest BCUT2D eigenvalue weighted by Gasteiger charge is 2.38. The Balaban J connectivity index is 2.83. The van der Waals surface area contributed by atoms with Crippen molar-refractivity contribution in [1.82, 2.24) is 0 Å². The van der Waals surface area contributed by atoms with Crippen molar-refractivity contribution in [2.24, 2.45) is 11.7 Å². The minimum absolute atomic E-state index is 0.0638. The van der Waals surface area contributed by atoms with Gasteiger partial charge in [0, 0.05) is 0 Å². The van der Waals surface area contributed by atoms with Gasteiger partial charge in [-0.2, -0.15) is 26.3 Å². The van der Waals surface area contributed by atoms with Gasteiger partial charge in [-0.1, -0.05) is 19.4 Å². The lowest BCUT2D eigenvalue weighted by Crippen LogP contribution is -2.46. The summed E-state index contributed by atoms with van der Waals surface area (Å²) in [5.74, 6) is -1.34. The Hall–Kier alpha value is -1.77. The number of halogens is 6. The van der Waals surface area contributed by atoms with E-state index in [1.807, 2.05) is 0 Å². The molecule has 0 amide bonds. The van der Waals surface area contributed by atoms with Crippen LogP contribution >= 0.6 is 0 Å². The minimum Gasteiger partial charge on any atom is -0.480 e. The maximum absolute atomic E-state index is 13.1. The van der Waals surface area contributed by atoms with Crippen LogP contribution in [0.1, 0.15) is 49.8 Å². The van der Waals surface area contributed by atoms with Crippen LogP contribution in [-0.4, -0.2) is 16.6 Å². The van der Waals surface area contributed by atoms with Crippen molar-refractivity contribution < 1.29 is 36.2 Å². The van der Waals surface area contributed by atoms with Crippen molar-refractivity contribution in [2.75, 3.05) is 0 Å². The highest BCUT2D eigenvalue weighted by atomic mass is 19.4. The number of carboxylic acid groups (broad SMARTS) is 1. The molecule has 0 aromatic heterocycles. The molecular formula is C17H21F6NO2. The van der Waals surface area contributed by atoms with Crippen LogP contribution < -0.4 is 5.73 Å². The molecule has 3 N–H and O–H groups in total. The van der Waals surface area contributed by atoms with Crippen molar-refractivity contribution in [3.8, 4) is 0 Å². The lowest BCUT2D eigenvalue weighted by Gasteiger charge is -2.23. The minimum atomic E-state index is -4.89. The van der Waals surface area contributed by atoms with E-state index in [9.17, 15) is 31.1 Å². The average molecular weight is 385 g/mol. The zero-order valence-corrected chi connectivity index (χ0v) is 14.3. The molecule has 0 heterocycles. The molecular weight excluding hydrogens is 364 g/mol. The molecule has 0 radical (unpaired) electrons. The van der Waals surface area contributed by atoms with Gasteiger partial charge >= 0.3 is 18.3 Å². The predicted octanol–water partition coefficient (Wildman–Crippen LogP) is 4.88. The van der Waals surface area contributed by atoms with Crippen LogP contribution in [0, 0.1) is 5.92 Å². The van der Waals surface area contributed by atoms with Gasteiger partial charge in [0.2, 0.25) is 0 Å². The smallest absolute Gasteiger partial charge is 0.416 e. The van der Waals surface area contributed by atoms with Gasteiger partial charge in [-0.3, -0.25) is 4.79 Å². The fraction of sp³-hybridized carbons (Fsp3) is 0.588. The van der Waals surface area contributed by atoms with Gasteiger partial charge < -0.3 is 10.8 Å². The van der Waals surface area contributed by atoms with E-state index in [1.54, 1.807) is 6.92 Å². The highest BCUT2D eigenvalue weighted by Crippen LogP contribution is 2.38. The lowest BCUT2D eigenvalue weighted by atomic mass is 9.87. The largest absolute Gasteiger partial charge is 0.480 e. The predicted molar refractivity (Wildman–Crippen MR) is 83.4 cm³/mol. The van der Waals surface area contributed by atoms with Gasteiger partial charge in [0.05, 0.1) is 11.1 Å². The number of nitrogens with two attached hydrogens (primary N) is 1. The van der Waals surface area contributed by atoms with Crippen LogP contribution in [0.2, 0.25) is 0 Å². The summed E-state index contributed by atoms with van der Waals surface area (Å²) in [6.07, 6.45) is -8.99. The normalized spacial score (nSPS) is 16.2. The number of alkyl halides is 6. The number of hydrogen-bond donors (Lipinski definition) is 2. The number of rotatable bonds is 7. The SMILES string of the molecule is CC(CCCc1ccc(C(F)(F)F)cc1C(F)(F)F)CC(C)(N)C(=O)O. The van der Waals surface area contributed by atoms with Crippen LogP contribution in [0.5, 0.6) is 0 Å². The van der Waals surface area contributed by atoms with Gasteiger partial charge in [-0.25, -0.2) is 0 Å². The Morgan fingerprint density at radius 2 is 1.73 bits per heavy atom. The van der Waals surface area contributed by atoms with E-state index in [1.165, 1.54) is 6.92 Å². The Labute approximate surface area is 147 Å². The summed E-state index contributed by atoms with van der Waals surface area (Å²) in [6.45, 7) is 3.08. The molecule has 0 aliphatic heterocycles. The molecule has 1 aromatic carbocycles. The molecule has 26 heavy (non-hydrogen) atoms. The first kappa shape index (κ1) is 22.3. The number of aryl methyl sites for hydroxylation is 1. The Kier molecular flexibility index (Phi) is 6.73. The van der Waals surface area contributed by atoms with E-state index in [0.717, 1.165) is 6.07 Å². The van der Waals surface area contributed by atoms with Gasteiger partial charge in [0.15, 0.2) is 0 Å². The fourth-order valence-corrected chi connectivity index (χ4v) is 2.79. The maximum atomic E-state index is 13.1. The first-order chi connectivity index (χ1) is 11.6. The summed E-state index contributed by atoms with van der Waals surface area (Å²) < 4.78 is 77.1. The summed E-state index contributed by atoms with van der Waals surface area (Å²) in [4.78, 5) is 11.0. The Bertz CT molecular complexity index is 637. The Morgan fingerprint density at radius 3 is 2.19 bits per heavy atom. The molecule has 1 rings (SSSR count). The summed E-state index contributed by atoms with van der Waals surface area (Å²) in [7, 11) is 0. The van der Waals surface area contributed by atoms with Crippen molar-refractivity contribution >= 4 is 5.97 Å².